The van der Waals surface area contributed by atoms with Crippen LogP contribution in [0.25, 0.3) is 0 Å². The van der Waals surface area contributed by atoms with Gasteiger partial charge in [0.15, 0.2) is 6.10 Å². The van der Waals surface area contributed by atoms with E-state index in [2.05, 4.69) is 86.8 Å². The number of hydrogen-bond donors (Lipinski definition) is 1. The SMILES string of the molecule is CC/C=C\C/C=C\C/C=C\CCCCCCCCCC(=O)OCC(COC(OCC[N+](C)(C)C)C(=O)O)OC(=O)CCCCCCCCCCCCCCCCCCCCCCCCCC/C=C\C/C=C\C/C=C\CCCCCCC. The average Bonchev–Trinajstić information content (AvgIpc) is 3.44. The summed E-state index contributed by atoms with van der Waals surface area (Å²) < 4.78 is 22.9. The molecule has 0 aromatic carbocycles. The molecule has 0 fully saturated rings. The molecule has 0 rings (SSSR count). The molecule has 0 saturated heterocycles. The zero-order chi connectivity index (χ0) is 59.1. The molecule has 2 atom stereocenters. The molecular formula is C72H130NO8+. The number of esters is 2. The molecule has 0 aromatic heterocycles. The lowest BCUT2D eigenvalue weighted by Crippen LogP contribution is -2.40. The molecule has 0 bridgehead atoms. The number of nitrogens with zero attached hydrogens (tertiary/aromatic N) is 1. The largest absolute Gasteiger partial charge is 0.477 e. The lowest BCUT2D eigenvalue weighted by Gasteiger charge is -2.25. The first-order valence-corrected chi connectivity index (χ1v) is 34.1. The van der Waals surface area contributed by atoms with Crippen molar-refractivity contribution in [2.45, 2.75) is 322 Å². The van der Waals surface area contributed by atoms with Gasteiger partial charge in [0, 0.05) is 12.8 Å². The second-order valence-corrected chi connectivity index (χ2v) is 24.1. The van der Waals surface area contributed by atoms with Gasteiger partial charge < -0.3 is 28.5 Å². The Labute approximate surface area is 500 Å². The van der Waals surface area contributed by atoms with Gasteiger partial charge >= 0.3 is 17.9 Å². The van der Waals surface area contributed by atoms with E-state index in [1.807, 2.05) is 21.1 Å². The molecule has 9 heteroatoms. The molecule has 81 heavy (non-hydrogen) atoms. The van der Waals surface area contributed by atoms with Crippen LogP contribution < -0.4 is 0 Å². The summed E-state index contributed by atoms with van der Waals surface area (Å²) in [4.78, 5) is 37.5. The number of quaternary nitrogens is 1. The van der Waals surface area contributed by atoms with E-state index in [4.69, 9.17) is 18.9 Å². The summed E-state index contributed by atoms with van der Waals surface area (Å²) in [5, 5.41) is 9.72. The maximum atomic E-state index is 12.9. The highest BCUT2D eigenvalue weighted by molar-refractivity contribution is 5.71. The van der Waals surface area contributed by atoms with Crippen LogP contribution in [0.3, 0.4) is 0 Å². The minimum atomic E-state index is -1.51. The molecule has 0 aliphatic carbocycles. The Morgan fingerprint density at radius 2 is 0.704 bits per heavy atom. The van der Waals surface area contributed by atoms with Gasteiger partial charge in [-0.3, -0.25) is 9.59 Å². The first kappa shape index (κ1) is 77.7. The Balaban J connectivity index is 3.98. The van der Waals surface area contributed by atoms with Gasteiger partial charge in [-0.05, 0) is 83.5 Å². The number of carboxylic acids is 1. The number of carbonyl (C=O) groups excluding carboxylic acids is 2. The fourth-order valence-corrected chi connectivity index (χ4v) is 9.74. The number of ether oxygens (including phenoxy) is 4. The first-order chi connectivity index (χ1) is 39.6. The fraction of sp³-hybridized carbons (Fsp3) is 0.792. The molecule has 470 valence electrons. The second-order valence-electron chi connectivity index (χ2n) is 24.1. The van der Waals surface area contributed by atoms with Crippen LogP contribution in [0.15, 0.2) is 72.9 Å². The van der Waals surface area contributed by atoms with Gasteiger partial charge in [0.05, 0.1) is 34.4 Å². The number of carboxylic acid groups (broad SMARTS) is 1. The summed E-state index contributed by atoms with van der Waals surface area (Å²) in [5.74, 6) is -2.01. The molecule has 2 unspecified atom stereocenters. The summed E-state index contributed by atoms with van der Waals surface area (Å²) in [5.41, 5.74) is 0. The van der Waals surface area contributed by atoms with Crippen LogP contribution in [0.1, 0.15) is 309 Å². The highest BCUT2D eigenvalue weighted by Gasteiger charge is 2.25. The molecule has 0 aromatic rings. The normalized spacial score (nSPS) is 13.1. The number of hydrogen-bond acceptors (Lipinski definition) is 7. The van der Waals surface area contributed by atoms with E-state index in [0.717, 1.165) is 83.5 Å². The molecule has 0 heterocycles. The fourth-order valence-electron chi connectivity index (χ4n) is 9.74. The van der Waals surface area contributed by atoms with E-state index in [1.165, 1.54) is 199 Å². The van der Waals surface area contributed by atoms with Crippen molar-refractivity contribution in [3.05, 3.63) is 72.9 Å². The van der Waals surface area contributed by atoms with Crippen molar-refractivity contribution in [3.63, 3.8) is 0 Å². The Morgan fingerprint density at radius 3 is 1.05 bits per heavy atom. The molecule has 0 radical (unpaired) electrons. The van der Waals surface area contributed by atoms with E-state index >= 15 is 0 Å². The van der Waals surface area contributed by atoms with Crippen LogP contribution in [-0.2, 0) is 33.3 Å². The monoisotopic (exact) mass is 1140 g/mol. The summed E-state index contributed by atoms with van der Waals surface area (Å²) in [6.07, 6.45) is 80.3. The topological polar surface area (TPSA) is 108 Å². The van der Waals surface area contributed by atoms with Crippen LogP contribution in [0, 0.1) is 0 Å². The van der Waals surface area contributed by atoms with Gasteiger partial charge in [-0.25, -0.2) is 4.79 Å². The maximum absolute atomic E-state index is 12.9. The Kier molecular flexibility index (Phi) is 60.2. The van der Waals surface area contributed by atoms with Crippen molar-refractivity contribution in [2.75, 3.05) is 47.5 Å². The first-order valence-electron chi connectivity index (χ1n) is 34.1. The van der Waals surface area contributed by atoms with Gasteiger partial charge in [0.1, 0.15) is 13.2 Å². The van der Waals surface area contributed by atoms with Gasteiger partial charge in [-0.1, -0.05) is 286 Å². The zero-order valence-corrected chi connectivity index (χ0v) is 53.7. The zero-order valence-electron chi connectivity index (χ0n) is 53.7. The third-order valence-corrected chi connectivity index (χ3v) is 14.9. The minimum absolute atomic E-state index is 0.185. The molecule has 9 nitrogen and oxygen atoms in total. The molecule has 0 aliphatic heterocycles. The van der Waals surface area contributed by atoms with Gasteiger partial charge in [0.2, 0.25) is 0 Å². The number of unbranched alkanes of at least 4 members (excludes halogenated alkanes) is 36. The van der Waals surface area contributed by atoms with Crippen molar-refractivity contribution in [3.8, 4) is 0 Å². The summed E-state index contributed by atoms with van der Waals surface area (Å²) >= 11 is 0. The quantitative estimate of drug-likeness (QED) is 0.0211. The minimum Gasteiger partial charge on any atom is -0.477 e. The van der Waals surface area contributed by atoms with Gasteiger partial charge in [-0.2, -0.15) is 0 Å². The van der Waals surface area contributed by atoms with E-state index in [0.29, 0.717) is 17.4 Å². The van der Waals surface area contributed by atoms with Gasteiger partial charge in [0.25, 0.3) is 6.29 Å². The predicted octanol–water partition coefficient (Wildman–Crippen LogP) is 20.9. The van der Waals surface area contributed by atoms with Crippen molar-refractivity contribution >= 4 is 17.9 Å². The van der Waals surface area contributed by atoms with Crippen molar-refractivity contribution in [2.24, 2.45) is 0 Å². The number of rotatable bonds is 63. The number of carbonyl (C=O) groups is 3. The van der Waals surface area contributed by atoms with Crippen LogP contribution >= 0.6 is 0 Å². The molecule has 0 saturated carbocycles. The standard InChI is InChI=1S/C72H129NO8/c1-6-8-10-12-14-16-18-20-22-24-25-26-27-28-29-30-31-32-33-34-35-36-37-38-39-40-41-42-43-44-45-47-49-51-53-55-57-59-61-63-70(75)81-68(67-80-72(71(76)77)78-65-64-73(3,4)5)66-79-69(74)62-60-58-56-54-52-50-48-46-23-21-19-17-15-13-11-9-7-2/h9,11,15,17-18,20-21,23-25,27-28,68,72H,6-8,10,12-14,16,19,22,26,29-67H2,1-5H3/p+1/b11-9-,17-15-,20-18-,23-21-,25-24-,28-27-. The van der Waals surface area contributed by atoms with Crippen LogP contribution in [0.2, 0.25) is 0 Å². The van der Waals surface area contributed by atoms with Crippen molar-refractivity contribution < 1.29 is 42.9 Å². The number of aliphatic carboxylic acids is 1. The molecule has 0 spiro atoms. The molecule has 0 amide bonds. The average molecular weight is 1140 g/mol. The molecule has 0 aliphatic rings. The van der Waals surface area contributed by atoms with E-state index < -0.39 is 24.3 Å². The smallest absolute Gasteiger partial charge is 0.361 e. The highest BCUT2D eigenvalue weighted by Crippen LogP contribution is 2.18. The third-order valence-electron chi connectivity index (χ3n) is 14.9. The van der Waals surface area contributed by atoms with Crippen LogP contribution in [0.5, 0.6) is 0 Å². The Bertz CT molecular complexity index is 1560. The van der Waals surface area contributed by atoms with Crippen molar-refractivity contribution in [1.29, 1.82) is 0 Å². The van der Waals surface area contributed by atoms with Gasteiger partial charge in [-0.15, -0.1) is 0 Å². The van der Waals surface area contributed by atoms with Crippen molar-refractivity contribution in [1.82, 2.24) is 0 Å². The summed E-state index contributed by atoms with van der Waals surface area (Å²) in [6.45, 7) is 4.77. The Hall–Kier alpha value is -3.27. The summed E-state index contributed by atoms with van der Waals surface area (Å²) in [6, 6.07) is 0. The van der Waals surface area contributed by atoms with E-state index in [9.17, 15) is 19.5 Å². The second kappa shape index (κ2) is 62.8. The molecular weight excluding hydrogens is 1010 g/mol. The summed E-state index contributed by atoms with van der Waals surface area (Å²) in [7, 11) is 5.97. The third kappa shape index (κ3) is 64.1. The highest BCUT2D eigenvalue weighted by atomic mass is 16.7. The maximum Gasteiger partial charge on any atom is 0.361 e. The Morgan fingerprint density at radius 1 is 0.383 bits per heavy atom. The van der Waals surface area contributed by atoms with E-state index in [-0.39, 0.29) is 32.2 Å². The number of allylic oxidation sites excluding steroid dienone is 12. The van der Waals surface area contributed by atoms with Crippen LogP contribution in [0.4, 0.5) is 0 Å². The van der Waals surface area contributed by atoms with E-state index in [1.54, 1.807) is 0 Å². The predicted molar refractivity (Wildman–Crippen MR) is 346 cm³/mol. The lowest BCUT2D eigenvalue weighted by atomic mass is 10.0. The molecule has 1 N–H and O–H groups in total. The number of likely N-dealkylation sites (N-methyl/N-ethyl adjacent to an activating group) is 1. The van der Waals surface area contributed by atoms with Crippen LogP contribution in [-0.4, -0.2) is 87.4 Å². The lowest BCUT2D eigenvalue weighted by molar-refractivity contribution is -0.870.